The van der Waals surface area contributed by atoms with Crippen LogP contribution in [0.5, 0.6) is 5.75 Å². The summed E-state index contributed by atoms with van der Waals surface area (Å²) < 4.78 is 24.9. The van der Waals surface area contributed by atoms with E-state index in [0.29, 0.717) is 40.7 Å². The average Bonchev–Trinajstić information content (AvgIpc) is 3.35. The lowest BCUT2D eigenvalue weighted by atomic mass is 9.94. The largest absolute Gasteiger partial charge is 0.494 e. The van der Waals surface area contributed by atoms with Crippen molar-refractivity contribution in [1.82, 2.24) is 15.5 Å². The molecule has 8 heteroatoms. The van der Waals surface area contributed by atoms with Gasteiger partial charge in [0.1, 0.15) is 11.6 Å². The number of rotatable bonds is 6. The number of halogens is 1. The van der Waals surface area contributed by atoms with Crippen LogP contribution in [-0.4, -0.2) is 22.8 Å². The third kappa shape index (κ3) is 4.45. The fourth-order valence-electron chi connectivity index (χ4n) is 4.33. The number of hydrogen-bond donors (Lipinski definition) is 1. The van der Waals surface area contributed by atoms with Gasteiger partial charge in [-0.2, -0.15) is 4.98 Å². The highest BCUT2D eigenvalue weighted by Crippen LogP contribution is 2.39. The Labute approximate surface area is 208 Å². The van der Waals surface area contributed by atoms with Gasteiger partial charge in [-0.15, -0.1) is 0 Å². The van der Waals surface area contributed by atoms with Crippen molar-refractivity contribution in [2.24, 2.45) is 0 Å². The summed E-state index contributed by atoms with van der Waals surface area (Å²) in [7, 11) is 0. The number of nitrogens with zero attached hydrogens (tertiary/aromatic N) is 3. The van der Waals surface area contributed by atoms with E-state index in [0.717, 1.165) is 11.1 Å². The van der Waals surface area contributed by atoms with E-state index < -0.39 is 6.04 Å². The minimum absolute atomic E-state index is 0.272. The van der Waals surface area contributed by atoms with E-state index in [4.69, 9.17) is 9.26 Å². The molecule has 0 radical (unpaired) electrons. The SMILES string of the molecule is CCOc1ccc(N2C(=O)NC(c3ccc(F)cc3)C(c3nc(-c4cccc(C)c4)no3)=C2C)cc1. The van der Waals surface area contributed by atoms with Gasteiger partial charge in [0.2, 0.25) is 5.82 Å². The van der Waals surface area contributed by atoms with E-state index in [1.807, 2.05) is 69.3 Å². The Bertz CT molecular complexity index is 1430. The Balaban J connectivity index is 1.62. The van der Waals surface area contributed by atoms with Crippen molar-refractivity contribution in [3.63, 3.8) is 0 Å². The van der Waals surface area contributed by atoms with Gasteiger partial charge in [0, 0.05) is 11.3 Å². The summed E-state index contributed by atoms with van der Waals surface area (Å²) in [4.78, 5) is 19.5. The molecule has 1 atom stereocenters. The summed E-state index contributed by atoms with van der Waals surface area (Å²) in [6, 6.07) is 20.1. The predicted octanol–water partition coefficient (Wildman–Crippen LogP) is 6.28. The molecule has 2 amide bonds. The lowest BCUT2D eigenvalue weighted by molar-refractivity contribution is 0.244. The van der Waals surface area contributed by atoms with Gasteiger partial charge < -0.3 is 14.6 Å². The van der Waals surface area contributed by atoms with E-state index in [1.54, 1.807) is 17.0 Å². The number of carbonyl (C=O) groups is 1. The Morgan fingerprint density at radius 1 is 1.06 bits per heavy atom. The molecule has 1 aliphatic heterocycles. The number of benzene rings is 3. The quantitative estimate of drug-likeness (QED) is 0.348. The fraction of sp³-hybridized carbons (Fsp3) is 0.179. The molecule has 5 rings (SSSR count). The van der Waals surface area contributed by atoms with Crippen molar-refractivity contribution in [1.29, 1.82) is 0 Å². The summed E-state index contributed by atoms with van der Waals surface area (Å²) >= 11 is 0. The summed E-state index contributed by atoms with van der Waals surface area (Å²) in [5.74, 6) is 1.06. The number of amides is 2. The molecular formula is C28H25FN4O3. The Morgan fingerprint density at radius 3 is 2.50 bits per heavy atom. The third-order valence-corrected chi connectivity index (χ3v) is 6.03. The monoisotopic (exact) mass is 484 g/mol. The lowest BCUT2D eigenvalue weighted by Gasteiger charge is -2.35. The standard InChI is InChI=1S/C28H25FN4O3/c1-4-35-23-14-12-22(13-15-23)33-18(3)24(25(30-28(33)34)19-8-10-21(29)11-9-19)27-31-26(32-36-27)20-7-5-6-17(2)16-20/h5-16,25H,4H2,1-3H3,(H,30,34). The molecule has 182 valence electrons. The second kappa shape index (κ2) is 9.65. The molecule has 0 aliphatic carbocycles. The van der Waals surface area contributed by atoms with Crippen LogP contribution < -0.4 is 15.0 Å². The minimum Gasteiger partial charge on any atom is -0.494 e. The predicted molar refractivity (Wildman–Crippen MR) is 135 cm³/mol. The maximum Gasteiger partial charge on any atom is 0.326 e. The highest BCUT2D eigenvalue weighted by Gasteiger charge is 2.36. The zero-order valence-corrected chi connectivity index (χ0v) is 20.2. The van der Waals surface area contributed by atoms with Crippen LogP contribution in [0.25, 0.3) is 17.0 Å². The van der Waals surface area contributed by atoms with E-state index in [-0.39, 0.29) is 17.7 Å². The van der Waals surface area contributed by atoms with Crippen molar-refractivity contribution < 1.29 is 18.4 Å². The molecule has 1 N–H and O–H groups in total. The molecule has 0 saturated heterocycles. The number of nitrogens with one attached hydrogen (secondary N) is 1. The molecule has 4 aromatic rings. The molecule has 36 heavy (non-hydrogen) atoms. The Morgan fingerprint density at radius 2 is 1.81 bits per heavy atom. The molecule has 2 heterocycles. The molecule has 0 saturated carbocycles. The maximum atomic E-state index is 13.7. The van der Waals surface area contributed by atoms with E-state index in [9.17, 15) is 9.18 Å². The van der Waals surface area contributed by atoms with Gasteiger partial charge in [0.25, 0.3) is 5.89 Å². The number of allylic oxidation sites excluding steroid dienone is 1. The normalized spacial score (nSPS) is 15.7. The molecule has 3 aromatic carbocycles. The van der Waals surface area contributed by atoms with E-state index in [1.165, 1.54) is 12.1 Å². The van der Waals surface area contributed by atoms with Crippen molar-refractivity contribution in [2.75, 3.05) is 11.5 Å². The number of hydrogen-bond acceptors (Lipinski definition) is 5. The van der Waals surface area contributed by atoms with Crippen LogP contribution >= 0.6 is 0 Å². The van der Waals surface area contributed by atoms with Gasteiger partial charge in [0.15, 0.2) is 0 Å². The van der Waals surface area contributed by atoms with Crippen LogP contribution in [0, 0.1) is 12.7 Å². The van der Waals surface area contributed by atoms with Crippen LogP contribution in [0.2, 0.25) is 0 Å². The lowest BCUT2D eigenvalue weighted by Crippen LogP contribution is -2.46. The van der Waals surface area contributed by atoms with Crippen molar-refractivity contribution >= 4 is 17.3 Å². The highest BCUT2D eigenvalue weighted by atomic mass is 19.1. The van der Waals surface area contributed by atoms with Gasteiger partial charge in [-0.1, -0.05) is 41.1 Å². The van der Waals surface area contributed by atoms with Crippen molar-refractivity contribution in [3.05, 3.63) is 101 Å². The summed E-state index contributed by atoms with van der Waals surface area (Å²) in [5, 5.41) is 7.23. The highest BCUT2D eigenvalue weighted by molar-refractivity contribution is 6.01. The minimum atomic E-state index is -0.608. The van der Waals surface area contributed by atoms with Gasteiger partial charge in [0.05, 0.1) is 23.9 Å². The average molecular weight is 485 g/mol. The molecule has 0 spiro atoms. The maximum absolute atomic E-state index is 13.7. The van der Waals surface area contributed by atoms with Crippen molar-refractivity contribution in [3.8, 4) is 17.1 Å². The molecule has 1 aliphatic rings. The number of aromatic nitrogens is 2. The third-order valence-electron chi connectivity index (χ3n) is 6.03. The first-order valence-electron chi connectivity index (χ1n) is 11.7. The van der Waals surface area contributed by atoms with Crippen LogP contribution in [0.4, 0.5) is 14.9 Å². The van der Waals surface area contributed by atoms with E-state index >= 15 is 0 Å². The number of aryl methyl sites for hydroxylation is 1. The summed E-state index contributed by atoms with van der Waals surface area (Å²) in [6.07, 6.45) is 0. The summed E-state index contributed by atoms with van der Waals surface area (Å²) in [5.41, 5.74) is 4.50. The Hall–Kier alpha value is -4.46. The molecular weight excluding hydrogens is 459 g/mol. The smallest absolute Gasteiger partial charge is 0.326 e. The first-order chi connectivity index (χ1) is 17.4. The first-order valence-corrected chi connectivity index (χ1v) is 11.7. The molecule has 0 fully saturated rings. The van der Waals surface area contributed by atoms with E-state index in [2.05, 4.69) is 15.5 Å². The number of urea groups is 1. The second-order valence-electron chi connectivity index (χ2n) is 8.49. The first kappa shape index (κ1) is 23.3. The van der Waals surface area contributed by atoms with Crippen LogP contribution in [-0.2, 0) is 0 Å². The number of anilines is 1. The van der Waals surface area contributed by atoms with Gasteiger partial charge >= 0.3 is 6.03 Å². The van der Waals surface area contributed by atoms with Crippen molar-refractivity contribution in [2.45, 2.75) is 26.8 Å². The van der Waals surface area contributed by atoms with Crippen LogP contribution in [0.15, 0.2) is 83.0 Å². The number of ether oxygens (including phenoxy) is 1. The molecule has 7 nitrogen and oxygen atoms in total. The van der Waals surface area contributed by atoms with Gasteiger partial charge in [-0.25, -0.2) is 9.18 Å². The molecule has 1 unspecified atom stereocenters. The zero-order chi connectivity index (χ0) is 25.2. The van der Waals surface area contributed by atoms with Crippen LogP contribution in [0.3, 0.4) is 0 Å². The topological polar surface area (TPSA) is 80.5 Å². The molecule has 1 aromatic heterocycles. The number of carbonyl (C=O) groups excluding carboxylic acids is 1. The Kier molecular flexibility index (Phi) is 6.25. The van der Waals surface area contributed by atoms with Gasteiger partial charge in [-0.3, -0.25) is 4.90 Å². The molecule has 0 bridgehead atoms. The van der Waals surface area contributed by atoms with Crippen LogP contribution in [0.1, 0.15) is 36.9 Å². The fourth-order valence-corrected chi connectivity index (χ4v) is 4.33. The summed E-state index contributed by atoms with van der Waals surface area (Å²) in [6.45, 7) is 6.28. The van der Waals surface area contributed by atoms with Gasteiger partial charge in [-0.05, 0) is 68.8 Å². The zero-order valence-electron chi connectivity index (χ0n) is 20.2. The second-order valence-corrected chi connectivity index (χ2v) is 8.49.